The van der Waals surface area contributed by atoms with Crippen molar-refractivity contribution < 1.29 is 32.2 Å². The summed E-state index contributed by atoms with van der Waals surface area (Å²) < 4.78 is 56.6. The van der Waals surface area contributed by atoms with Crippen molar-refractivity contribution in [2.45, 2.75) is 6.18 Å². The molecule has 10 nitrogen and oxygen atoms in total. The molecule has 0 saturated carbocycles. The molecule has 13 heteroatoms. The van der Waals surface area contributed by atoms with Gasteiger partial charge in [-0.3, -0.25) is 14.0 Å². The predicted molar refractivity (Wildman–Crippen MR) is 137 cm³/mol. The van der Waals surface area contributed by atoms with E-state index in [0.29, 0.717) is 5.75 Å². The van der Waals surface area contributed by atoms with Gasteiger partial charge in [0, 0.05) is 17.4 Å². The molecule has 0 spiro atoms. The SMILES string of the molecule is COc1cc(C(=O)N/N=C/c2c(Nc3cccc(C(F)(F)F)c3)nc3ccccn3c2=O)cc(OC)c1OC. The van der Waals surface area contributed by atoms with Crippen molar-refractivity contribution in [1.82, 2.24) is 14.8 Å². The van der Waals surface area contributed by atoms with Crippen molar-refractivity contribution in [3.05, 3.63) is 87.8 Å². The number of carbonyl (C=O) groups excluding carboxylic acids is 1. The lowest BCUT2D eigenvalue weighted by Crippen LogP contribution is -2.23. The molecule has 0 bridgehead atoms. The number of anilines is 2. The number of carbonyl (C=O) groups is 1. The Morgan fingerprint density at radius 3 is 2.36 bits per heavy atom. The number of benzene rings is 2. The second kappa shape index (κ2) is 11.1. The van der Waals surface area contributed by atoms with Crippen LogP contribution in [0.15, 0.2) is 70.7 Å². The highest BCUT2D eigenvalue weighted by atomic mass is 19.4. The Labute approximate surface area is 219 Å². The maximum atomic E-state index is 13.2. The molecule has 202 valence electrons. The van der Waals surface area contributed by atoms with E-state index in [1.165, 1.54) is 56.2 Å². The Morgan fingerprint density at radius 2 is 1.72 bits per heavy atom. The number of pyridine rings is 1. The topological polar surface area (TPSA) is 116 Å². The molecule has 0 aliphatic rings. The van der Waals surface area contributed by atoms with Crippen LogP contribution < -0.4 is 30.5 Å². The van der Waals surface area contributed by atoms with E-state index in [0.717, 1.165) is 18.3 Å². The van der Waals surface area contributed by atoms with Crippen LogP contribution in [-0.2, 0) is 6.18 Å². The molecule has 0 aliphatic heterocycles. The van der Waals surface area contributed by atoms with Crippen molar-refractivity contribution in [3.8, 4) is 17.2 Å². The number of methoxy groups -OCH3 is 3. The summed E-state index contributed by atoms with van der Waals surface area (Å²) in [5.74, 6) is 0.0646. The quantitative estimate of drug-likeness (QED) is 0.253. The molecule has 39 heavy (non-hydrogen) atoms. The minimum atomic E-state index is -4.56. The van der Waals surface area contributed by atoms with Gasteiger partial charge in [-0.2, -0.15) is 18.3 Å². The highest BCUT2D eigenvalue weighted by Gasteiger charge is 2.30. The minimum Gasteiger partial charge on any atom is -0.493 e. The molecule has 4 rings (SSSR count). The standard InChI is InChI=1S/C26H22F3N5O5/c1-37-19-11-15(12-20(38-2)22(19)39-3)24(35)33-30-14-18-23(32-21-9-4-5-10-34(21)25(18)36)31-17-8-6-7-16(13-17)26(27,28)29/h4-14,31H,1-3H3,(H,33,35)/b30-14+. The molecule has 2 aromatic heterocycles. The summed E-state index contributed by atoms with van der Waals surface area (Å²) in [5.41, 5.74) is 1.17. The highest BCUT2D eigenvalue weighted by Crippen LogP contribution is 2.38. The van der Waals surface area contributed by atoms with E-state index < -0.39 is 23.2 Å². The molecule has 4 aromatic rings. The van der Waals surface area contributed by atoms with Crippen molar-refractivity contribution in [2.24, 2.45) is 5.10 Å². The summed E-state index contributed by atoms with van der Waals surface area (Å²) in [6, 6.07) is 12.1. The number of nitrogens with zero attached hydrogens (tertiary/aromatic N) is 3. The number of hydrogen-bond donors (Lipinski definition) is 2. The third-order valence-electron chi connectivity index (χ3n) is 5.51. The van der Waals surface area contributed by atoms with Gasteiger partial charge in [0.25, 0.3) is 11.5 Å². The minimum absolute atomic E-state index is 0.0492. The van der Waals surface area contributed by atoms with Crippen LogP contribution in [0.4, 0.5) is 24.7 Å². The molecule has 2 aromatic carbocycles. The molecular weight excluding hydrogens is 519 g/mol. The van der Waals surface area contributed by atoms with Gasteiger partial charge in [-0.1, -0.05) is 12.1 Å². The lowest BCUT2D eigenvalue weighted by atomic mass is 10.1. The van der Waals surface area contributed by atoms with E-state index in [9.17, 15) is 22.8 Å². The summed E-state index contributed by atoms with van der Waals surface area (Å²) in [6.07, 6.45) is -2.03. The van der Waals surface area contributed by atoms with Gasteiger partial charge in [-0.15, -0.1) is 0 Å². The Bertz CT molecular complexity index is 1590. The number of ether oxygens (including phenoxy) is 3. The van der Waals surface area contributed by atoms with Gasteiger partial charge in [0.05, 0.1) is 33.1 Å². The summed E-state index contributed by atoms with van der Waals surface area (Å²) >= 11 is 0. The number of fused-ring (bicyclic) bond motifs is 1. The van der Waals surface area contributed by atoms with Crippen LogP contribution in [0.2, 0.25) is 0 Å². The number of hydrogen-bond acceptors (Lipinski definition) is 8. The molecule has 2 heterocycles. The van der Waals surface area contributed by atoms with Gasteiger partial charge in [-0.05, 0) is 42.5 Å². The highest BCUT2D eigenvalue weighted by molar-refractivity contribution is 5.96. The Kier molecular flexibility index (Phi) is 7.70. The third-order valence-corrected chi connectivity index (χ3v) is 5.51. The van der Waals surface area contributed by atoms with Gasteiger partial charge < -0.3 is 19.5 Å². The summed E-state index contributed by atoms with van der Waals surface area (Å²) in [7, 11) is 4.22. The normalized spacial score (nSPS) is 11.4. The molecule has 0 radical (unpaired) electrons. The number of alkyl halides is 3. The molecule has 0 atom stereocenters. The fraction of sp³-hybridized carbons (Fsp3) is 0.154. The number of nitrogens with one attached hydrogen (secondary N) is 2. The third kappa shape index (κ3) is 5.76. The van der Waals surface area contributed by atoms with Crippen LogP contribution in [-0.4, -0.2) is 42.8 Å². The smallest absolute Gasteiger partial charge is 0.416 e. The lowest BCUT2D eigenvalue weighted by molar-refractivity contribution is -0.137. The molecule has 0 fully saturated rings. The Morgan fingerprint density at radius 1 is 1.00 bits per heavy atom. The average molecular weight is 541 g/mol. The first-order valence-corrected chi connectivity index (χ1v) is 11.3. The van der Waals surface area contributed by atoms with Gasteiger partial charge in [0.15, 0.2) is 11.5 Å². The summed E-state index contributed by atoms with van der Waals surface area (Å²) in [5, 5.41) is 6.64. The van der Waals surface area contributed by atoms with Crippen molar-refractivity contribution in [3.63, 3.8) is 0 Å². The van der Waals surface area contributed by atoms with Crippen LogP contribution in [0, 0.1) is 0 Å². The Balaban J connectivity index is 1.68. The molecular formula is C26H22F3N5O5. The molecule has 2 N–H and O–H groups in total. The number of rotatable bonds is 8. The van der Waals surface area contributed by atoms with Crippen molar-refractivity contribution in [1.29, 1.82) is 0 Å². The Hall–Kier alpha value is -5.07. The van der Waals surface area contributed by atoms with E-state index in [1.54, 1.807) is 18.2 Å². The van der Waals surface area contributed by atoms with E-state index >= 15 is 0 Å². The first kappa shape index (κ1) is 27.0. The van der Waals surface area contributed by atoms with E-state index in [4.69, 9.17) is 14.2 Å². The molecule has 1 amide bonds. The second-order valence-corrected chi connectivity index (χ2v) is 7.92. The fourth-order valence-corrected chi connectivity index (χ4v) is 3.66. The first-order valence-electron chi connectivity index (χ1n) is 11.3. The van der Waals surface area contributed by atoms with E-state index in [1.807, 2.05) is 0 Å². The molecule has 0 aliphatic carbocycles. The summed E-state index contributed by atoms with van der Waals surface area (Å²) in [4.78, 5) is 30.3. The van der Waals surface area contributed by atoms with Crippen LogP contribution in [0.5, 0.6) is 17.2 Å². The maximum Gasteiger partial charge on any atom is 0.416 e. The van der Waals surface area contributed by atoms with Gasteiger partial charge in [0.1, 0.15) is 17.0 Å². The molecule has 0 saturated heterocycles. The first-order chi connectivity index (χ1) is 18.7. The maximum absolute atomic E-state index is 13.2. The zero-order chi connectivity index (χ0) is 28.2. The summed E-state index contributed by atoms with van der Waals surface area (Å²) in [6.45, 7) is 0. The molecule has 0 unspecified atom stereocenters. The number of hydrazone groups is 1. The second-order valence-electron chi connectivity index (χ2n) is 7.92. The van der Waals surface area contributed by atoms with E-state index in [2.05, 4.69) is 20.8 Å². The largest absolute Gasteiger partial charge is 0.493 e. The van der Waals surface area contributed by atoms with Crippen LogP contribution >= 0.6 is 0 Å². The number of amides is 1. The average Bonchev–Trinajstić information content (AvgIpc) is 2.93. The predicted octanol–water partition coefficient (Wildman–Crippen LogP) is 4.25. The van der Waals surface area contributed by atoms with Crippen molar-refractivity contribution in [2.75, 3.05) is 26.6 Å². The fourth-order valence-electron chi connectivity index (χ4n) is 3.66. The van der Waals surface area contributed by atoms with Crippen molar-refractivity contribution >= 4 is 29.3 Å². The van der Waals surface area contributed by atoms with Crippen LogP contribution in [0.1, 0.15) is 21.5 Å². The lowest BCUT2D eigenvalue weighted by Gasteiger charge is -2.13. The van der Waals surface area contributed by atoms with Gasteiger partial charge >= 0.3 is 6.18 Å². The zero-order valence-electron chi connectivity index (χ0n) is 20.9. The monoisotopic (exact) mass is 541 g/mol. The van der Waals surface area contributed by atoms with Gasteiger partial charge in [0.2, 0.25) is 5.75 Å². The van der Waals surface area contributed by atoms with Crippen LogP contribution in [0.25, 0.3) is 5.65 Å². The number of aromatic nitrogens is 2. The van der Waals surface area contributed by atoms with E-state index in [-0.39, 0.29) is 39.8 Å². The van der Waals surface area contributed by atoms with Crippen LogP contribution in [0.3, 0.4) is 0 Å². The number of halogens is 3. The zero-order valence-corrected chi connectivity index (χ0v) is 20.9. The van der Waals surface area contributed by atoms with Gasteiger partial charge in [-0.25, -0.2) is 10.4 Å².